The summed E-state index contributed by atoms with van der Waals surface area (Å²) in [5, 5.41) is 3.94. The molecule has 3 N–H and O–H groups in total. The lowest BCUT2D eigenvalue weighted by molar-refractivity contribution is 0.574. The van der Waals surface area contributed by atoms with Gasteiger partial charge in [0, 0.05) is 7.05 Å². The minimum atomic E-state index is -3.99. The number of aryl methyl sites for hydroxylation is 1. The van der Waals surface area contributed by atoms with Gasteiger partial charge in [0.25, 0.3) is 0 Å². The second-order valence-electron chi connectivity index (χ2n) is 4.14. The molecule has 0 atom stereocenters. The van der Waals surface area contributed by atoms with E-state index in [4.69, 9.17) is 18.0 Å². The Kier molecular flexibility index (Phi) is 4.30. The van der Waals surface area contributed by atoms with Crippen molar-refractivity contribution in [1.82, 2.24) is 19.5 Å². The average Bonchev–Trinajstić information content (AvgIpc) is 2.82. The first-order valence-corrected chi connectivity index (χ1v) is 7.63. The lowest BCUT2D eigenvalue weighted by Crippen LogP contribution is -2.27. The van der Waals surface area contributed by atoms with E-state index in [-0.39, 0.29) is 27.8 Å². The van der Waals surface area contributed by atoms with Gasteiger partial charge in [0.2, 0.25) is 10.0 Å². The summed E-state index contributed by atoms with van der Waals surface area (Å²) < 4.78 is 41.9. The maximum absolute atomic E-state index is 13.7. The smallest absolute Gasteiger partial charge is 0.241 e. The highest BCUT2D eigenvalue weighted by atomic mass is 32.2. The van der Waals surface area contributed by atoms with Crippen LogP contribution >= 0.6 is 12.2 Å². The number of halogens is 1. The predicted molar refractivity (Wildman–Crippen MR) is 77.3 cm³/mol. The minimum absolute atomic E-state index is 0.129. The molecule has 0 amide bonds. The fourth-order valence-electron chi connectivity index (χ4n) is 1.67. The molecule has 0 aliphatic carbocycles. The topological polar surface area (TPSA) is 103 Å². The number of hydrogen-bond donors (Lipinski definition) is 2. The standard InChI is InChI=1S/C11H12FN5O2S2/c1-17-6-14-9(16-17)5-15-21(18,19)8-4-2-3-7(12)10(8)11(13)20/h2-4,6,15H,5H2,1H3,(H2,13,20). The summed E-state index contributed by atoms with van der Waals surface area (Å²) in [4.78, 5) is 3.24. The SMILES string of the molecule is Cn1cnc(CNS(=O)(=O)c2cccc(F)c2C(N)=S)n1. The van der Waals surface area contributed by atoms with E-state index in [0.717, 1.165) is 6.07 Å². The molecule has 2 rings (SSSR count). The molecule has 10 heteroatoms. The molecule has 0 aliphatic heterocycles. The lowest BCUT2D eigenvalue weighted by Gasteiger charge is -2.10. The van der Waals surface area contributed by atoms with Crippen LogP contribution in [0.2, 0.25) is 0 Å². The van der Waals surface area contributed by atoms with E-state index < -0.39 is 15.8 Å². The van der Waals surface area contributed by atoms with Crippen molar-refractivity contribution in [1.29, 1.82) is 0 Å². The third-order valence-electron chi connectivity index (χ3n) is 2.58. The van der Waals surface area contributed by atoms with Crippen molar-refractivity contribution < 1.29 is 12.8 Å². The van der Waals surface area contributed by atoms with E-state index in [1.807, 2.05) is 0 Å². The number of thiocarbonyl (C=S) groups is 1. The van der Waals surface area contributed by atoms with Gasteiger partial charge in [-0.05, 0) is 12.1 Å². The number of nitrogens with zero attached hydrogens (tertiary/aromatic N) is 3. The van der Waals surface area contributed by atoms with Crippen LogP contribution in [0.25, 0.3) is 0 Å². The third-order valence-corrected chi connectivity index (χ3v) is 4.23. The Morgan fingerprint density at radius 1 is 1.52 bits per heavy atom. The predicted octanol–water partition coefficient (Wildman–Crippen LogP) is 0.0669. The van der Waals surface area contributed by atoms with Crippen LogP contribution in [0.4, 0.5) is 4.39 Å². The van der Waals surface area contributed by atoms with Gasteiger partial charge >= 0.3 is 0 Å². The van der Waals surface area contributed by atoms with E-state index in [1.165, 1.54) is 23.1 Å². The largest absolute Gasteiger partial charge is 0.389 e. The van der Waals surface area contributed by atoms with Gasteiger partial charge in [0.15, 0.2) is 5.82 Å². The Hall–Kier alpha value is -1.91. The van der Waals surface area contributed by atoms with Gasteiger partial charge in [-0.3, -0.25) is 4.68 Å². The molecule has 0 spiro atoms. The molecule has 0 unspecified atom stereocenters. The molecule has 0 aliphatic rings. The highest BCUT2D eigenvalue weighted by Gasteiger charge is 2.22. The van der Waals surface area contributed by atoms with Crippen molar-refractivity contribution >= 4 is 27.2 Å². The molecule has 0 radical (unpaired) electrons. The van der Waals surface area contributed by atoms with Gasteiger partial charge in [0.05, 0.1) is 17.0 Å². The Bertz CT molecular complexity index is 788. The number of hydrogen-bond acceptors (Lipinski definition) is 5. The van der Waals surface area contributed by atoms with Crippen LogP contribution in [0.5, 0.6) is 0 Å². The monoisotopic (exact) mass is 329 g/mol. The number of nitrogens with one attached hydrogen (secondary N) is 1. The lowest BCUT2D eigenvalue weighted by atomic mass is 10.2. The van der Waals surface area contributed by atoms with Crippen molar-refractivity contribution in [3.8, 4) is 0 Å². The molecule has 0 saturated heterocycles. The summed E-state index contributed by atoms with van der Waals surface area (Å²) in [5.41, 5.74) is 5.08. The van der Waals surface area contributed by atoms with Crippen LogP contribution < -0.4 is 10.5 Å². The molecule has 2 aromatic rings. The summed E-state index contributed by atoms with van der Waals surface area (Å²) in [7, 11) is -2.34. The molecule has 112 valence electrons. The zero-order valence-electron chi connectivity index (χ0n) is 10.9. The Balaban J connectivity index is 2.32. The van der Waals surface area contributed by atoms with Gasteiger partial charge in [0.1, 0.15) is 17.1 Å². The number of rotatable bonds is 5. The number of nitrogens with two attached hydrogens (primary N) is 1. The first kappa shape index (κ1) is 15.5. The maximum atomic E-state index is 13.7. The fourth-order valence-corrected chi connectivity index (χ4v) is 3.15. The van der Waals surface area contributed by atoms with Gasteiger partial charge in [-0.2, -0.15) is 5.10 Å². The van der Waals surface area contributed by atoms with E-state index >= 15 is 0 Å². The Morgan fingerprint density at radius 2 is 2.24 bits per heavy atom. The Morgan fingerprint density at radius 3 is 2.81 bits per heavy atom. The number of benzene rings is 1. The highest BCUT2D eigenvalue weighted by molar-refractivity contribution is 7.89. The molecule has 0 bridgehead atoms. The summed E-state index contributed by atoms with van der Waals surface area (Å²) in [5.74, 6) is -0.504. The summed E-state index contributed by atoms with van der Waals surface area (Å²) in [6.45, 7) is -0.129. The molecular formula is C11H12FN5O2S2. The number of aromatic nitrogens is 3. The molecule has 21 heavy (non-hydrogen) atoms. The first-order chi connectivity index (χ1) is 9.81. The van der Waals surface area contributed by atoms with Gasteiger partial charge in [-0.1, -0.05) is 18.3 Å². The molecule has 1 aromatic carbocycles. The van der Waals surface area contributed by atoms with Crippen LogP contribution in [0.3, 0.4) is 0 Å². The average molecular weight is 329 g/mol. The van der Waals surface area contributed by atoms with E-state index in [9.17, 15) is 12.8 Å². The quantitative estimate of drug-likeness (QED) is 0.752. The minimum Gasteiger partial charge on any atom is -0.389 e. The summed E-state index contributed by atoms with van der Waals surface area (Å²) in [6, 6.07) is 3.59. The van der Waals surface area contributed by atoms with Crippen molar-refractivity contribution in [2.75, 3.05) is 0 Å². The molecular weight excluding hydrogens is 317 g/mol. The van der Waals surface area contributed by atoms with Crippen molar-refractivity contribution in [2.24, 2.45) is 12.8 Å². The second kappa shape index (κ2) is 5.84. The van der Waals surface area contributed by atoms with Gasteiger partial charge in [-0.25, -0.2) is 22.5 Å². The molecule has 0 saturated carbocycles. The fraction of sp³-hybridized carbons (Fsp3) is 0.182. The molecule has 1 aromatic heterocycles. The van der Waals surface area contributed by atoms with Crippen LogP contribution in [0.15, 0.2) is 29.4 Å². The molecule has 7 nitrogen and oxygen atoms in total. The molecule has 0 fully saturated rings. The van der Waals surface area contributed by atoms with Crippen molar-refractivity contribution in [3.05, 3.63) is 41.7 Å². The first-order valence-electron chi connectivity index (χ1n) is 5.74. The van der Waals surface area contributed by atoms with Crippen LogP contribution in [-0.4, -0.2) is 28.2 Å². The van der Waals surface area contributed by atoms with E-state index in [2.05, 4.69) is 14.8 Å². The van der Waals surface area contributed by atoms with Crippen LogP contribution in [0, 0.1) is 5.82 Å². The molecule has 1 heterocycles. The second-order valence-corrected chi connectivity index (χ2v) is 6.31. The van der Waals surface area contributed by atoms with E-state index in [0.29, 0.717) is 0 Å². The Labute approximate surface area is 126 Å². The van der Waals surface area contributed by atoms with Crippen molar-refractivity contribution in [3.63, 3.8) is 0 Å². The van der Waals surface area contributed by atoms with Crippen molar-refractivity contribution in [2.45, 2.75) is 11.4 Å². The van der Waals surface area contributed by atoms with Crippen LogP contribution in [0.1, 0.15) is 11.4 Å². The van der Waals surface area contributed by atoms with Crippen LogP contribution in [-0.2, 0) is 23.6 Å². The normalized spacial score (nSPS) is 11.5. The number of sulfonamides is 1. The van der Waals surface area contributed by atoms with Gasteiger partial charge < -0.3 is 5.73 Å². The summed E-state index contributed by atoms with van der Waals surface area (Å²) >= 11 is 4.70. The third kappa shape index (κ3) is 3.40. The summed E-state index contributed by atoms with van der Waals surface area (Å²) in [6.07, 6.45) is 1.44. The maximum Gasteiger partial charge on any atom is 0.241 e. The highest BCUT2D eigenvalue weighted by Crippen LogP contribution is 2.19. The zero-order chi connectivity index (χ0) is 15.6. The zero-order valence-corrected chi connectivity index (χ0v) is 12.6. The van der Waals surface area contributed by atoms with Gasteiger partial charge in [-0.15, -0.1) is 0 Å². The van der Waals surface area contributed by atoms with E-state index in [1.54, 1.807) is 7.05 Å².